The summed E-state index contributed by atoms with van der Waals surface area (Å²) in [6.07, 6.45) is 1.32. The molecule has 0 bridgehead atoms. The second-order valence-corrected chi connectivity index (χ2v) is 5.96. The molecule has 1 aromatic rings. The molecule has 0 saturated carbocycles. The molecular weight excluding hydrogens is 239 g/mol. The molecule has 1 aliphatic rings. The molecule has 1 fully saturated rings. The fourth-order valence-corrected chi connectivity index (χ4v) is 3.07. The van der Waals surface area contributed by atoms with Crippen molar-refractivity contribution in [2.24, 2.45) is 11.8 Å². The van der Waals surface area contributed by atoms with Crippen LogP contribution in [0.3, 0.4) is 0 Å². The Hall–Kier alpha value is -1.09. The first-order chi connectivity index (χ1) is 9.08. The van der Waals surface area contributed by atoms with Crippen molar-refractivity contribution in [1.29, 1.82) is 0 Å². The Morgan fingerprint density at radius 2 is 2.00 bits per heavy atom. The maximum atomic E-state index is 13.5. The van der Waals surface area contributed by atoms with E-state index in [1.54, 1.807) is 12.1 Å². The molecule has 0 spiro atoms. The van der Waals surface area contributed by atoms with Gasteiger partial charge in [-0.2, -0.15) is 0 Å². The first-order valence-corrected chi connectivity index (χ1v) is 7.30. The lowest BCUT2D eigenvalue weighted by molar-refractivity contribution is 0.0839. The summed E-state index contributed by atoms with van der Waals surface area (Å²) >= 11 is 0. The standard InChI is InChI=1S/C16H25FN2/c1-12-10-13(2)14(3)19(11-12)9-8-18-16-7-5-4-6-15(16)17/h4-7,12-14,18H,8-11H2,1-3H3. The van der Waals surface area contributed by atoms with E-state index in [2.05, 4.69) is 31.0 Å². The third-order valence-corrected chi connectivity index (χ3v) is 4.31. The molecule has 0 amide bonds. The average Bonchev–Trinajstić information content (AvgIpc) is 2.37. The van der Waals surface area contributed by atoms with Gasteiger partial charge in [0, 0.05) is 25.7 Å². The van der Waals surface area contributed by atoms with E-state index in [0.717, 1.165) is 31.5 Å². The van der Waals surface area contributed by atoms with Crippen LogP contribution in [0.2, 0.25) is 0 Å². The molecule has 0 aliphatic carbocycles. The number of hydrogen-bond acceptors (Lipinski definition) is 2. The summed E-state index contributed by atoms with van der Waals surface area (Å²) in [5.74, 6) is 1.34. The van der Waals surface area contributed by atoms with Crippen molar-refractivity contribution in [3.05, 3.63) is 30.1 Å². The van der Waals surface area contributed by atoms with Gasteiger partial charge in [0.15, 0.2) is 0 Å². The fourth-order valence-electron chi connectivity index (χ4n) is 3.07. The topological polar surface area (TPSA) is 15.3 Å². The molecule has 3 unspecified atom stereocenters. The first kappa shape index (κ1) is 14.3. The molecule has 106 valence electrons. The highest BCUT2D eigenvalue weighted by atomic mass is 19.1. The van der Waals surface area contributed by atoms with Gasteiger partial charge in [-0.05, 0) is 37.3 Å². The smallest absolute Gasteiger partial charge is 0.146 e. The van der Waals surface area contributed by atoms with E-state index in [9.17, 15) is 4.39 Å². The van der Waals surface area contributed by atoms with E-state index in [1.807, 2.05) is 6.07 Å². The van der Waals surface area contributed by atoms with Crippen LogP contribution < -0.4 is 5.32 Å². The molecule has 2 rings (SSSR count). The predicted molar refractivity (Wildman–Crippen MR) is 78.9 cm³/mol. The van der Waals surface area contributed by atoms with Crippen LogP contribution in [0, 0.1) is 17.7 Å². The van der Waals surface area contributed by atoms with E-state index >= 15 is 0 Å². The van der Waals surface area contributed by atoms with Crippen LogP contribution in [0.1, 0.15) is 27.2 Å². The molecule has 3 heteroatoms. The Morgan fingerprint density at radius 3 is 2.74 bits per heavy atom. The predicted octanol–water partition coefficient (Wildman–Crippen LogP) is 3.60. The van der Waals surface area contributed by atoms with Crippen LogP contribution in [0.5, 0.6) is 0 Å². The number of likely N-dealkylation sites (tertiary alicyclic amines) is 1. The number of benzene rings is 1. The normalized spacial score (nSPS) is 28.3. The minimum Gasteiger partial charge on any atom is -0.381 e. The van der Waals surface area contributed by atoms with E-state index in [0.29, 0.717) is 11.7 Å². The number of halogens is 1. The summed E-state index contributed by atoms with van der Waals surface area (Å²) in [5.41, 5.74) is 0.605. The number of piperidine rings is 1. The zero-order valence-corrected chi connectivity index (χ0v) is 12.2. The molecular formula is C16H25FN2. The lowest BCUT2D eigenvalue weighted by Crippen LogP contribution is -2.47. The Labute approximate surface area is 116 Å². The van der Waals surface area contributed by atoms with Crippen LogP contribution >= 0.6 is 0 Å². The third kappa shape index (κ3) is 3.69. The Bertz CT molecular complexity index is 407. The number of hydrogen-bond donors (Lipinski definition) is 1. The Kier molecular flexibility index (Phi) is 4.81. The first-order valence-electron chi connectivity index (χ1n) is 7.30. The second-order valence-electron chi connectivity index (χ2n) is 5.96. The van der Waals surface area contributed by atoms with Gasteiger partial charge in [0.1, 0.15) is 5.82 Å². The fraction of sp³-hybridized carbons (Fsp3) is 0.625. The zero-order valence-electron chi connectivity index (χ0n) is 12.2. The SMILES string of the molecule is CC1CC(C)C(C)N(CCNc2ccccc2F)C1. The summed E-state index contributed by atoms with van der Waals surface area (Å²) in [6, 6.07) is 7.49. The Balaban J connectivity index is 1.83. The molecule has 19 heavy (non-hydrogen) atoms. The minimum absolute atomic E-state index is 0.170. The number of nitrogens with zero attached hydrogens (tertiary/aromatic N) is 1. The van der Waals surface area contributed by atoms with Crippen LogP contribution in [0.25, 0.3) is 0 Å². The highest BCUT2D eigenvalue weighted by molar-refractivity contribution is 5.44. The van der Waals surface area contributed by atoms with Gasteiger partial charge in [-0.25, -0.2) is 4.39 Å². The highest BCUT2D eigenvalue weighted by Crippen LogP contribution is 2.26. The van der Waals surface area contributed by atoms with Crippen LogP contribution in [0.15, 0.2) is 24.3 Å². The quantitative estimate of drug-likeness (QED) is 0.894. The monoisotopic (exact) mass is 264 g/mol. The molecule has 2 nitrogen and oxygen atoms in total. The van der Waals surface area contributed by atoms with Crippen molar-refractivity contribution in [1.82, 2.24) is 4.90 Å². The largest absolute Gasteiger partial charge is 0.381 e. The van der Waals surface area contributed by atoms with Crippen molar-refractivity contribution >= 4 is 5.69 Å². The maximum Gasteiger partial charge on any atom is 0.146 e. The highest BCUT2D eigenvalue weighted by Gasteiger charge is 2.28. The zero-order chi connectivity index (χ0) is 13.8. The van der Waals surface area contributed by atoms with Crippen molar-refractivity contribution in [2.75, 3.05) is 25.0 Å². The van der Waals surface area contributed by atoms with Crippen molar-refractivity contribution < 1.29 is 4.39 Å². The maximum absolute atomic E-state index is 13.5. The molecule has 1 saturated heterocycles. The minimum atomic E-state index is -0.170. The lowest BCUT2D eigenvalue weighted by atomic mass is 9.86. The van der Waals surface area contributed by atoms with Crippen LogP contribution in [-0.4, -0.2) is 30.6 Å². The van der Waals surface area contributed by atoms with Gasteiger partial charge < -0.3 is 5.32 Å². The van der Waals surface area contributed by atoms with Gasteiger partial charge in [-0.1, -0.05) is 26.0 Å². The molecule has 1 aromatic carbocycles. The second kappa shape index (κ2) is 6.38. The number of nitrogens with one attached hydrogen (secondary N) is 1. The average molecular weight is 264 g/mol. The number of anilines is 1. The summed E-state index contributed by atoms with van der Waals surface area (Å²) in [5, 5.41) is 3.19. The van der Waals surface area contributed by atoms with Gasteiger partial charge in [0.2, 0.25) is 0 Å². The van der Waals surface area contributed by atoms with Crippen molar-refractivity contribution in [3.63, 3.8) is 0 Å². The summed E-state index contributed by atoms with van der Waals surface area (Å²) in [6.45, 7) is 9.89. The van der Waals surface area contributed by atoms with E-state index in [1.165, 1.54) is 12.5 Å². The molecule has 1 N–H and O–H groups in total. The molecule has 1 aliphatic heterocycles. The Morgan fingerprint density at radius 1 is 1.26 bits per heavy atom. The molecule has 3 atom stereocenters. The van der Waals surface area contributed by atoms with E-state index in [4.69, 9.17) is 0 Å². The van der Waals surface area contributed by atoms with E-state index < -0.39 is 0 Å². The molecule has 0 radical (unpaired) electrons. The van der Waals surface area contributed by atoms with Crippen molar-refractivity contribution in [2.45, 2.75) is 33.2 Å². The van der Waals surface area contributed by atoms with Crippen LogP contribution in [-0.2, 0) is 0 Å². The van der Waals surface area contributed by atoms with Gasteiger partial charge in [-0.3, -0.25) is 4.90 Å². The van der Waals surface area contributed by atoms with E-state index in [-0.39, 0.29) is 5.82 Å². The van der Waals surface area contributed by atoms with Gasteiger partial charge in [0.25, 0.3) is 0 Å². The summed E-state index contributed by atoms with van der Waals surface area (Å²) in [4.78, 5) is 2.52. The summed E-state index contributed by atoms with van der Waals surface area (Å²) in [7, 11) is 0. The number of rotatable bonds is 4. The third-order valence-electron chi connectivity index (χ3n) is 4.31. The van der Waals surface area contributed by atoms with Gasteiger partial charge in [-0.15, -0.1) is 0 Å². The lowest BCUT2D eigenvalue weighted by Gasteiger charge is -2.41. The van der Waals surface area contributed by atoms with Crippen LogP contribution in [0.4, 0.5) is 10.1 Å². The molecule has 0 aromatic heterocycles. The van der Waals surface area contributed by atoms with Gasteiger partial charge in [0.05, 0.1) is 5.69 Å². The van der Waals surface area contributed by atoms with Gasteiger partial charge >= 0.3 is 0 Å². The number of para-hydroxylation sites is 1. The van der Waals surface area contributed by atoms with Crippen molar-refractivity contribution in [3.8, 4) is 0 Å². The summed E-state index contributed by atoms with van der Waals surface area (Å²) < 4.78 is 13.5. The molecule has 1 heterocycles.